The molecule has 0 radical (unpaired) electrons. The van der Waals surface area contributed by atoms with Crippen LogP contribution in [0.1, 0.15) is 44.1 Å². The van der Waals surface area contributed by atoms with Crippen LogP contribution in [-0.4, -0.2) is 44.3 Å². The van der Waals surface area contributed by atoms with Gasteiger partial charge in [-0.1, -0.05) is 39.0 Å². The zero-order valence-electron chi connectivity index (χ0n) is 15.9. The molecule has 1 heterocycles. The minimum atomic E-state index is -0.934. The zero-order valence-corrected chi connectivity index (χ0v) is 15.9. The second-order valence-electron chi connectivity index (χ2n) is 7.70. The molecule has 1 aliphatic rings. The number of hydrogen-bond donors (Lipinski definition) is 1. The highest BCUT2D eigenvalue weighted by molar-refractivity contribution is 6.05. The van der Waals surface area contributed by atoms with Crippen LogP contribution in [0.2, 0.25) is 0 Å². The summed E-state index contributed by atoms with van der Waals surface area (Å²) in [4.78, 5) is 38.9. The molecule has 1 fully saturated rings. The van der Waals surface area contributed by atoms with E-state index in [2.05, 4.69) is 5.10 Å². The number of rotatable bonds is 7. The maximum Gasteiger partial charge on any atom is 0.308 e. The van der Waals surface area contributed by atoms with Crippen LogP contribution in [0.5, 0.6) is 0 Å². The predicted molar refractivity (Wildman–Crippen MR) is 102 cm³/mol. The Morgan fingerprint density at radius 3 is 2.41 bits per heavy atom. The fraction of sp³-hybridized carbons (Fsp3) is 0.500. The number of nitrogens with zero attached hydrogens (tertiary/aromatic N) is 3. The average molecular weight is 371 g/mol. The van der Waals surface area contributed by atoms with E-state index in [9.17, 15) is 19.5 Å². The van der Waals surface area contributed by atoms with Crippen molar-refractivity contribution in [2.45, 2.75) is 46.2 Å². The second kappa shape index (κ2) is 7.50. The molecule has 1 amide bonds. The summed E-state index contributed by atoms with van der Waals surface area (Å²) in [6.07, 6.45) is 1.73. The first-order chi connectivity index (χ1) is 12.8. The Labute approximate surface area is 157 Å². The largest absolute Gasteiger partial charge is 0.481 e. The first-order valence-corrected chi connectivity index (χ1v) is 9.33. The van der Waals surface area contributed by atoms with Gasteiger partial charge in [0.05, 0.1) is 11.3 Å². The third-order valence-corrected chi connectivity index (χ3v) is 4.75. The van der Waals surface area contributed by atoms with E-state index in [0.29, 0.717) is 17.3 Å². The molecule has 0 aliphatic heterocycles. The van der Waals surface area contributed by atoms with Crippen molar-refractivity contribution in [2.75, 3.05) is 6.54 Å². The highest BCUT2D eigenvalue weighted by Gasteiger charge is 2.36. The molecule has 7 heteroatoms. The summed E-state index contributed by atoms with van der Waals surface area (Å²) in [6.45, 7) is 6.11. The van der Waals surface area contributed by atoms with Crippen molar-refractivity contribution in [2.24, 2.45) is 11.8 Å². The molecule has 1 aromatic heterocycles. The van der Waals surface area contributed by atoms with Gasteiger partial charge in [0.2, 0.25) is 0 Å². The first kappa shape index (κ1) is 19.1. The predicted octanol–water partition coefficient (Wildman–Crippen LogP) is 2.38. The number of carboxylic acid groups (broad SMARTS) is 1. The van der Waals surface area contributed by atoms with Gasteiger partial charge in [-0.2, -0.15) is 5.10 Å². The van der Waals surface area contributed by atoms with E-state index in [1.54, 1.807) is 36.1 Å². The summed E-state index contributed by atoms with van der Waals surface area (Å²) in [6, 6.07) is 7.01. The number of carboxylic acids is 1. The zero-order chi connectivity index (χ0) is 19.7. The molecule has 27 heavy (non-hydrogen) atoms. The molecule has 7 nitrogen and oxygen atoms in total. The lowest BCUT2D eigenvalue weighted by atomic mass is 10.1. The van der Waals surface area contributed by atoms with E-state index in [0.717, 1.165) is 12.8 Å². The highest BCUT2D eigenvalue weighted by atomic mass is 16.4. The van der Waals surface area contributed by atoms with Crippen molar-refractivity contribution in [3.05, 3.63) is 40.3 Å². The van der Waals surface area contributed by atoms with Gasteiger partial charge >= 0.3 is 5.97 Å². The Balaban J connectivity index is 2.08. The minimum absolute atomic E-state index is 0.0466. The molecular weight excluding hydrogens is 346 g/mol. The van der Waals surface area contributed by atoms with Gasteiger partial charge in [0, 0.05) is 24.5 Å². The number of hydrogen-bond acceptors (Lipinski definition) is 4. The van der Waals surface area contributed by atoms with Gasteiger partial charge in [0.1, 0.15) is 0 Å². The summed E-state index contributed by atoms with van der Waals surface area (Å²) < 4.78 is 1.35. The molecule has 1 N–H and O–H groups in total. The van der Waals surface area contributed by atoms with E-state index in [1.807, 2.05) is 13.8 Å². The van der Waals surface area contributed by atoms with Gasteiger partial charge in [-0.3, -0.25) is 14.4 Å². The fourth-order valence-corrected chi connectivity index (χ4v) is 3.16. The van der Waals surface area contributed by atoms with Gasteiger partial charge < -0.3 is 10.0 Å². The maximum absolute atomic E-state index is 13.3. The van der Waals surface area contributed by atoms with Crippen molar-refractivity contribution < 1.29 is 14.7 Å². The van der Waals surface area contributed by atoms with E-state index >= 15 is 0 Å². The van der Waals surface area contributed by atoms with Gasteiger partial charge in [-0.25, -0.2) is 4.68 Å². The van der Waals surface area contributed by atoms with Crippen molar-refractivity contribution in [1.29, 1.82) is 0 Å². The number of amides is 1. The Kier molecular flexibility index (Phi) is 5.30. The molecule has 0 bridgehead atoms. The van der Waals surface area contributed by atoms with E-state index in [1.165, 1.54) is 4.68 Å². The molecule has 1 saturated carbocycles. The van der Waals surface area contributed by atoms with Crippen LogP contribution in [0.25, 0.3) is 10.8 Å². The Bertz CT molecular complexity index is 930. The van der Waals surface area contributed by atoms with Crippen LogP contribution in [0.15, 0.2) is 29.1 Å². The Hall–Kier alpha value is -2.70. The molecule has 1 aliphatic carbocycles. The van der Waals surface area contributed by atoms with Crippen molar-refractivity contribution in [3.63, 3.8) is 0 Å². The van der Waals surface area contributed by atoms with Crippen LogP contribution in [0, 0.1) is 11.8 Å². The quantitative estimate of drug-likeness (QED) is 0.807. The topological polar surface area (TPSA) is 92.5 Å². The van der Waals surface area contributed by atoms with E-state index in [4.69, 9.17) is 0 Å². The van der Waals surface area contributed by atoms with Crippen molar-refractivity contribution >= 4 is 22.6 Å². The molecule has 1 unspecified atom stereocenters. The molecule has 2 aromatic rings. The number of aromatic nitrogens is 2. The first-order valence-electron chi connectivity index (χ1n) is 9.33. The van der Waals surface area contributed by atoms with E-state index in [-0.39, 0.29) is 35.7 Å². The summed E-state index contributed by atoms with van der Waals surface area (Å²) in [5.41, 5.74) is 0.00284. The van der Waals surface area contributed by atoms with Gasteiger partial charge in [-0.15, -0.1) is 0 Å². The summed E-state index contributed by atoms with van der Waals surface area (Å²) >= 11 is 0. The summed E-state index contributed by atoms with van der Waals surface area (Å²) in [7, 11) is 0. The van der Waals surface area contributed by atoms with Crippen LogP contribution in [-0.2, 0) is 11.3 Å². The standard InChI is InChI=1S/C20H25N3O4/c1-12(2)10-23-18(24)16-7-5-4-6-15(16)17(21-23)19(25)22(14-8-9-14)11-13(3)20(26)27/h4-7,12-14H,8-11H2,1-3H3,(H,26,27). The number of carbonyl (C=O) groups is 2. The monoisotopic (exact) mass is 371 g/mol. The van der Waals surface area contributed by atoms with Gasteiger partial charge in [0.15, 0.2) is 5.69 Å². The number of carbonyl (C=O) groups excluding carboxylic acids is 1. The smallest absolute Gasteiger partial charge is 0.308 e. The van der Waals surface area contributed by atoms with Crippen molar-refractivity contribution in [3.8, 4) is 0 Å². The lowest BCUT2D eigenvalue weighted by Crippen LogP contribution is -2.40. The Morgan fingerprint density at radius 2 is 1.85 bits per heavy atom. The molecule has 3 rings (SSSR count). The van der Waals surface area contributed by atoms with E-state index < -0.39 is 11.9 Å². The molecular formula is C20H25N3O4. The van der Waals surface area contributed by atoms with Crippen LogP contribution in [0.4, 0.5) is 0 Å². The number of aliphatic carboxylic acids is 1. The summed E-state index contributed by atoms with van der Waals surface area (Å²) in [5, 5.41) is 14.6. The molecule has 144 valence electrons. The number of benzene rings is 1. The van der Waals surface area contributed by atoms with Crippen LogP contribution < -0.4 is 5.56 Å². The van der Waals surface area contributed by atoms with Gasteiger partial charge in [-0.05, 0) is 24.8 Å². The molecule has 0 saturated heterocycles. The lowest BCUT2D eigenvalue weighted by molar-refractivity contribution is -0.141. The molecule has 0 spiro atoms. The third-order valence-electron chi connectivity index (χ3n) is 4.75. The lowest BCUT2D eigenvalue weighted by Gasteiger charge is -2.25. The van der Waals surface area contributed by atoms with Crippen LogP contribution >= 0.6 is 0 Å². The molecule has 1 atom stereocenters. The molecule has 1 aromatic carbocycles. The fourth-order valence-electron chi connectivity index (χ4n) is 3.16. The third kappa shape index (κ3) is 4.02. The second-order valence-corrected chi connectivity index (χ2v) is 7.70. The normalized spacial score (nSPS) is 15.1. The SMILES string of the molecule is CC(C)Cn1nc(C(=O)N(CC(C)C(=O)O)C2CC2)c2ccccc2c1=O. The maximum atomic E-state index is 13.3. The van der Waals surface area contributed by atoms with Crippen LogP contribution in [0.3, 0.4) is 0 Å². The minimum Gasteiger partial charge on any atom is -0.481 e. The Morgan fingerprint density at radius 1 is 1.22 bits per heavy atom. The van der Waals surface area contributed by atoms with Crippen molar-refractivity contribution in [1.82, 2.24) is 14.7 Å². The number of fused-ring (bicyclic) bond motifs is 1. The van der Waals surface area contributed by atoms with Gasteiger partial charge in [0.25, 0.3) is 11.5 Å². The average Bonchev–Trinajstić information content (AvgIpc) is 3.46. The highest BCUT2D eigenvalue weighted by Crippen LogP contribution is 2.30. The summed E-state index contributed by atoms with van der Waals surface area (Å²) in [5.74, 6) is -1.70.